The lowest BCUT2D eigenvalue weighted by molar-refractivity contribution is -0.138. The summed E-state index contributed by atoms with van der Waals surface area (Å²) in [6, 6.07) is 18.3. The molecule has 0 aliphatic heterocycles. The van der Waals surface area contributed by atoms with Gasteiger partial charge in [0.25, 0.3) is 0 Å². The Morgan fingerprint density at radius 3 is 2.10 bits per heavy atom. The van der Waals surface area contributed by atoms with E-state index in [1.54, 1.807) is 48.5 Å². The average molecular weight is 402 g/mol. The van der Waals surface area contributed by atoms with Gasteiger partial charge in [0.05, 0.1) is 12.0 Å². The topological polar surface area (TPSA) is 55.8 Å². The summed E-state index contributed by atoms with van der Waals surface area (Å²) in [6.07, 6.45) is -4.47. The molecule has 1 N–H and O–H groups in total. The number of halogens is 3. The van der Waals surface area contributed by atoms with Crippen molar-refractivity contribution in [3.8, 4) is 17.2 Å². The first-order valence-electron chi connectivity index (χ1n) is 8.67. The predicted octanol–water partition coefficient (Wildman–Crippen LogP) is 5.70. The second-order valence-corrected chi connectivity index (χ2v) is 6.28. The van der Waals surface area contributed by atoms with Gasteiger partial charge in [-0.25, -0.2) is 0 Å². The lowest BCUT2D eigenvalue weighted by Gasteiger charge is -2.11. The Bertz CT molecular complexity index is 982. The predicted molar refractivity (Wildman–Crippen MR) is 100 cm³/mol. The molecule has 0 heterocycles. The molecule has 0 amide bonds. The Morgan fingerprint density at radius 2 is 1.45 bits per heavy atom. The van der Waals surface area contributed by atoms with Crippen molar-refractivity contribution in [1.29, 1.82) is 0 Å². The maximum absolute atomic E-state index is 12.6. The number of hydrogen-bond acceptors (Lipinski definition) is 3. The standard InChI is InChI=1S/C22H17F3O4/c23-22(24,25)17-9-7-15(8-10-17)14-28-18-4-2-6-20(13-18)29-19-5-1-3-16(11-19)12-21(26)27/h1-11,13H,12,14H2,(H,26,27). The van der Waals surface area contributed by atoms with Crippen LogP contribution >= 0.6 is 0 Å². The zero-order chi connectivity index (χ0) is 20.9. The van der Waals surface area contributed by atoms with Gasteiger partial charge >= 0.3 is 12.1 Å². The molecule has 0 unspecified atom stereocenters. The Labute approximate surface area is 165 Å². The van der Waals surface area contributed by atoms with Crippen molar-refractivity contribution >= 4 is 5.97 Å². The average Bonchev–Trinajstić information content (AvgIpc) is 2.66. The number of rotatable bonds is 7. The van der Waals surface area contributed by atoms with Gasteiger partial charge in [-0.2, -0.15) is 13.2 Å². The second kappa shape index (κ2) is 8.68. The van der Waals surface area contributed by atoms with Crippen LogP contribution in [0.4, 0.5) is 13.2 Å². The number of alkyl halides is 3. The van der Waals surface area contributed by atoms with Crippen LogP contribution < -0.4 is 9.47 Å². The molecule has 3 rings (SSSR count). The van der Waals surface area contributed by atoms with Gasteiger partial charge in [0.15, 0.2) is 0 Å². The molecule has 0 aliphatic rings. The maximum Gasteiger partial charge on any atom is 0.416 e. The highest BCUT2D eigenvalue weighted by Crippen LogP contribution is 2.30. The first kappa shape index (κ1) is 20.3. The van der Waals surface area contributed by atoms with Gasteiger partial charge in [-0.3, -0.25) is 4.79 Å². The molecule has 150 valence electrons. The molecule has 29 heavy (non-hydrogen) atoms. The minimum atomic E-state index is -4.37. The summed E-state index contributed by atoms with van der Waals surface area (Å²) in [7, 11) is 0. The van der Waals surface area contributed by atoms with Gasteiger partial charge in [-0.05, 0) is 47.5 Å². The molecule has 0 saturated heterocycles. The summed E-state index contributed by atoms with van der Waals surface area (Å²) < 4.78 is 49.2. The maximum atomic E-state index is 12.6. The number of carboxylic acids is 1. The smallest absolute Gasteiger partial charge is 0.416 e. The van der Waals surface area contributed by atoms with E-state index in [0.717, 1.165) is 12.1 Å². The number of carbonyl (C=O) groups is 1. The van der Waals surface area contributed by atoms with Gasteiger partial charge < -0.3 is 14.6 Å². The van der Waals surface area contributed by atoms with Gasteiger partial charge in [0, 0.05) is 6.07 Å². The van der Waals surface area contributed by atoms with Gasteiger partial charge in [-0.15, -0.1) is 0 Å². The van der Waals surface area contributed by atoms with Crippen LogP contribution in [0.15, 0.2) is 72.8 Å². The van der Waals surface area contributed by atoms with E-state index in [0.29, 0.717) is 28.4 Å². The van der Waals surface area contributed by atoms with Gasteiger partial charge in [0.2, 0.25) is 0 Å². The lowest BCUT2D eigenvalue weighted by Crippen LogP contribution is -2.05. The van der Waals surface area contributed by atoms with Crippen LogP contribution in [0, 0.1) is 0 Å². The van der Waals surface area contributed by atoms with Crippen LogP contribution in [0.3, 0.4) is 0 Å². The fourth-order valence-electron chi connectivity index (χ4n) is 2.61. The first-order chi connectivity index (χ1) is 13.8. The van der Waals surface area contributed by atoms with Crippen LogP contribution in [0.2, 0.25) is 0 Å². The summed E-state index contributed by atoms with van der Waals surface area (Å²) in [5.74, 6) is 0.538. The molecule has 0 fully saturated rings. The number of aliphatic carboxylic acids is 1. The van der Waals surface area contributed by atoms with Gasteiger partial charge in [0.1, 0.15) is 23.9 Å². The zero-order valence-corrected chi connectivity index (χ0v) is 15.1. The third kappa shape index (κ3) is 6.00. The molecular weight excluding hydrogens is 385 g/mol. The minimum Gasteiger partial charge on any atom is -0.489 e. The lowest BCUT2D eigenvalue weighted by atomic mass is 10.1. The van der Waals surface area contributed by atoms with Crippen molar-refractivity contribution in [3.05, 3.63) is 89.5 Å². The van der Waals surface area contributed by atoms with E-state index in [9.17, 15) is 18.0 Å². The molecule has 0 aromatic heterocycles. The summed E-state index contributed by atoms with van der Waals surface area (Å²) in [5, 5.41) is 8.88. The van der Waals surface area contributed by atoms with Crippen molar-refractivity contribution in [3.63, 3.8) is 0 Å². The Balaban J connectivity index is 1.63. The quantitative estimate of drug-likeness (QED) is 0.551. The first-order valence-corrected chi connectivity index (χ1v) is 8.67. The second-order valence-electron chi connectivity index (χ2n) is 6.28. The number of benzene rings is 3. The Kier molecular flexibility index (Phi) is 6.07. The van der Waals surface area contributed by atoms with E-state index in [-0.39, 0.29) is 13.0 Å². The molecular formula is C22H17F3O4. The molecule has 4 nitrogen and oxygen atoms in total. The van der Waals surface area contributed by atoms with Crippen LogP contribution in [-0.4, -0.2) is 11.1 Å². The molecule has 0 saturated carbocycles. The minimum absolute atomic E-state index is 0.104. The summed E-state index contributed by atoms with van der Waals surface area (Å²) >= 11 is 0. The van der Waals surface area contributed by atoms with E-state index in [4.69, 9.17) is 14.6 Å². The third-order valence-corrected chi connectivity index (χ3v) is 3.98. The van der Waals surface area contributed by atoms with Crippen molar-refractivity contribution in [2.24, 2.45) is 0 Å². The van der Waals surface area contributed by atoms with Crippen LogP contribution in [0.5, 0.6) is 17.2 Å². The third-order valence-electron chi connectivity index (χ3n) is 3.98. The number of hydrogen-bond donors (Lipinski definition) is 1. The molecule has 0 bridgehead atoms. The van der Waals surface area contributed by atoms with E-state index in [2.05, 4.69) is 0 Å². The molecule has 7 heteroatoms. The normalized spacial score (nSPS) is 11.1. The van der Waals surface area contributed by atoms with Crippen LogP contribution in [-0.2, 0) is 24.0 Å². The fraction of sp³-hybridized carbons (Fsp3) is 0.136. The van der Waals surface area contributed by atoms with Crippen molar-refractivity contribution in [1.82, 2.24) is 0 Å². The van der Waals surface area contributed by atoms with Crippen LogP contribution in [0.1, 0.15) is 16.7 Å². The van der Waals surface area contributed by atoms with E-state index < -0.39 is 17.7 Å². The largest absolute Gasteiger partial charge is 0.489 e. The molecule has 0 radical (unpaired) electrons. The monoisotopic (exact) mass is 402 g/mol. The molecule has 0 aliphatic carbocycles. The fourth-order valence-corrected chi connectivity index (χ4v) is 2.61. The number of carboxylic acid groups (broad SMARTS) is 1. The molecule has 0 atom stereocenters. The van der Waals surface area contributed by atoms with Crippen molar-refractivity contribution in [2.75, 3.05) is 0 Å². The molecule has 3 aromatic carbocycles. The Morgan fingerprint density at radius 1 is 0.828 bits per heavy atom. The van der Waals surface area contributed by atoms with E-state index in [1.165, 1.54) is 12.1 Å². The van der Waals surface area contributed by atoms with E-state index in [1.807, 2.05) is 0 Å². The highest BCUT2D eigenvalue weighted by Gasteiger charge is 2.29. The van der Waals surface area contributed by atoms with Gasteiger partial charge in [-0.1, -0.05) is 30.3 Å². The SMILES string of the molecule is O=C(O)Cc1cccc(Oc2cccc(OCc3ccc(C(F)(F)F)cc3)c2)c1. The molecule has 0 spiro atoms. The van der Waals surface area contributed by atoms with Crippen LogP contribution in [0.25, 0.3) is 0 Å². The summed E-state index contributed by atoms with van der Waals surface area (Å²) in [4.78, 5) is 10.8. The highest BCUT2D eigenvalue weighted by molar-refractivity contribution is 5.70. The highest BCUT2D eigenvalue weighted by atomic mass is 19.4. The van der Waals surface area contributed by atoms with E-state index >= 15 is 0 Å². The Hall–Kier alpha value is -3.48. The summed E-state index contributed by atoms with van der Waals surface area (Å²) in [5.41, 5.74) is 0.511. The van der Waals surface area contributed by atoms with Crippen molar-refractivity contribution < 1.29 is 32.5 Å². The van der Waals surface area contributed by atoms with Crippen molar-refractivity contribution in [2.45, 2.75) is 19.2 Å². The number of ether oxygens (including phenoxy) is 2. The zero-order valence-electron chi connectivity index (χ0n) is 15.1. The molecule has 3 aromatic rings. The summed E-state index contributed by atoms with van der Waals surface area (Å²) in [6.45, 7) is 0.107.